The van der Waals surface area contributed by atoms with E-state index in [2.05, 4.69) is 96.4 Å². The smallest absolute Gasteiger partial charge is 0.197 e. The molecule has 0 spiro atoms. The number of rotatable bonds is 2. The number of nitrogens with zero attached hydrogens (tertiary/aromatic N) is 3. The maximum absolute atomic E-state index is 6.72. The van der Waals surface area contributed by atoms with E-state index in [1.54, 1.807) is 0 Å². The van der Waals surface area contributed by atoms with Gasteiger partial charge in [0.25, 0.3) is 0 Å². The molecule has 1 unspecified atom stereocenters. The molecular formula is C45H25N3O3. The number of para-hydroxylation sites is 2. The molecule has 0 aliphatic heterocycles. The molecule has 11 aromatic rings. The van der Waals surface area contributed by atoms with Gasteiger partial charge in [-0.2, -0.15) is 0 Å². The predicted molar refractivity (Wildman–Crippen MR) is 204 cm³/mol. The van der Waals surface area contributed by atoms with Gasteiger partial charge in [-0.05, 0) is 76.7 Å². The first-order chi connectivity index (χ1) is 25.2. The van der Waals surface area contributed by atoms with Crippen molar-refractivity contribution in [2.75, 3.05) is 0 Å². The molecule has 6 nitrogen and oxygen atoms in total. The van der Waals surface area contributed by atoms with Crippen molar-refractivity contribution >= 4 is 99.2 Å². The van der Waals surface area contributed by atoms with Crippen LogP contribution in [0.15, 0.2) is 122 Å². The Kier molecular flexibility index (Phi) is 4.59. The summed E-state index contributed by atoms with van der Waals surface area (Å²) in [6, 6.07) is 38.2. The van der Waals surface area contributed by atoms with Crippen LogP contribution in [0.3, 0.4) is 0 Å². The maximum atomic E-state index is 6.72. The van der Waals surface area contributed by atoms with E-state index in [-0.39, 0.29) is 5.92 Å². The molecule has 2 aliphatic carbocycles. The molecule has 0 saturated heterocycles. The second kappa shape index (κ2) is 8.92. The SMILES string of the molecule is CC1C=c2c(oc3ccccc23)=C(c2nc(-n3c4ccc5cccc6c5c4c4c5c(ccc43)oc3cccc-6c35)c3oc4ccccc4c3n2)C1. The van der Waals surface area contributed by atoms with Crippen LogP contribution in [-0.2, 0) is 0 Å². The highest BCUT2D eigenvalue weighted by molar-refractivity contribution is 6.38. The summed E-state index contributed by atoms with van der Waals surface area (Å²) in [5.41, 5.74) is 11.2. The predicted octanol–water partition coefficient (Wildman–Crippen LogP) is 10.3. The Labute approximate surface area is 288 Å². The molecule has 13 rings (SSSR count). The van der Waals surface area contributed by atoms with Crippen LogP contribution in [0.25, 0.3) is 116 Å². The van der Waals surface area contributed by atoms with Gasteiger partial charge in [-0.25, -0.2) is 9.97 Å². The van der Waals surface area contributed by atoms with Gasteiger partial charge in [0.15, 0.2) is 17.2 Å². The van der Waals surface area contributed by atoms with Gasteiger partial charge in [0.05, 0.1) is 11.0 Å². The van der Waals surface area contributed by atoms with Crippen molar-refractivity contribution < 1.29 is 13.3 Å². The first kappa shape index (κ1) is 26.2. The number of furan rings is 3. The van der Waals surface area contributed by atoms with Crippen LogP contribution < -0.4 is 10.6 Å². The van der Waals surface area contributed by atoms with E-state index in [0.29, 0.717) is 17.2 Å². The highest BCUT2D eigenvalue weighted by Gasteiger charge is 2.29. The van der Waals surface area contributed by atoms with E-state index in [0.717, 1.165) is 83.1 Å². The Morgan fingerprint density at radius 2 is 1.29 bits per heavy atom. The molecule has 0 radical (unpaired) electrons. The van der Waals surface area contributed by atoms with Crippen LogP contribution in [-0.4, -0.2) is 14.5 Å². The number of fused-ring (bicyclic) bond motifs is 7. The summed E-state index contributed by atoms with van der Waals surface area (Å²) in [7, 11) is 0. The molecule has 0 saturated carbocycles. The minimum atomic E-state index is 0.282. The van der Waals surface area contributed by atoms with E-state index >= 15 is 0 Å². The number of hydrogen-bond donors (Lipinski definition) is 0. The lowest BCUT2D eigenvalue weighted by molar-refractivity contribution is 0.562. The van der Waals surface area contributed by atoms with E-state index in [1.807, 2.05) is 30.3 Å². The zero-order chi connectivity index (χ0) is 33.1. The Hall–Kier alpha value is -6.66. The minimum absolute atomic E-state index is 0.282. The van der Waals surface area contributed by atoms with Crippen LogP contribution in [0.5, 0.6) is 0 Å². The highest BCUT2D eigenvalue weighted by Crippen LogP contribution is 2.51. The Morgan fingerprint density at radius 3 is 2.18 bits per heavy atom. The molecule has 0 N–H and O–H groups in total. The van der Waals surface area contributed by atoms with Gasteiger partial charge < -0.3 is 13.3 Å². The number of hydrogen-bond acceptors (Lipinski definition) is 5. The van der Waals surface area contributed by atoms with E-state index in [1.165, 1.54) is 32.7 Å². The van der Waals surface area contributed by atoms with Crippen molar-refractivity contribution in [2.45, 2.75) is 13.3 Å². The second-order valence-corrected chi connectivity index (χ2v) is 14.1. The zero-order valence-electron chi connectivity index (χ0n) is 27.3. The standard InChI is InChI=1S/C45H25N3O3/c1-22-20-28-24-9-2-4-13-32(24)50-42(28)29(21-22)44-46-41-27-10-3-5-14-33(27)51-43(41)45(47-44)48-30-17-16-23-8-6-11-25-26-12-7-15-34-37(26)40-35(49-34)19-18-31(48)39(40)38(30)36(23)25/h2-20,22H,21H2,1H3. The zero-order valence-corrected chi connectivity index (χ0v) is 27.3. The normalized spacial score (nSPS) is 15.4. The van der Waals surface area contributed by atoms with Gasteiger partial charge >= 0.3 is 0 Å². The molecule has 0 bridgehead atoms. The summed E-state index contributed by atoms with van der Waals surface area (Å²) in [5.74, 6) is 1.65. The minimum Gasteiger partial charge on any atom is -0.456 e. The molecule has 0 amide bonds. The van der Waals surface area contributed by atoms with Crippen LogP contribution in [0, 0.1) is 5.92 Å². The molecule has 51 heavy (non-hydrogen) atoms. The summed E-state index contributed by atoms with van der Waals surface area (Å²) in [4.78, 5) is 10.8. The van der Waals surface area contributed by atoms with Crippen LogP contribution in [0.4, 0.5) is 0 Å². The number of benzene rings is 6. The molecule has 238 valence electrons. The highest BCUT2D eigenvalue weighted by atomic mass is 16.3. The summed E-state index contributed by atoms with van der Waals surface area (Å²) < 4.78 is 22.2. The fourth-order valence-corrected chi connectivity index (χ4v) is 9.22. The van der Waals surface area contributed by atoms with Crippen molar-refractivity contribution in [1.82, 2.24) is 14.5 Å². The lowest BCUT2D eigenvalue weighted by atomic mass is 9.94. The Bertz CT molecular complexity index is 3540. The molecule has 5 heterocycles. The second-order valence-electron chi connectivity index (χ2n) is 14.1. The number of aromatic nitrogens is 3. The van der Waals surface area contributed by atoms with E-state index < -0.39 is 0 Å². The van der Waals surface area contributed by atoms with Gasteiger partial charge in [0.1, 0.15) is 33.3 Å². The van der Waals surface area contributed by atoms with Crippen molar-refractivity contribution in [3.8, 4) is 16.9 Å². The van der Waals surface area contributed by atoms with Crippen molar-refractivity contribution in [3.63, 3.8) is 0 Å². The topological polar surface area (TPSA) is 70.1 Å². The van der Waals surface area contributed by atoms with Gasteiger partial charge in [-0.15, -0.1) is 0 Å². The first-order valence-electron chi connectivity index (χ1n) is 17.5. The van der Waals surface area contributed by atoms with E-state index in [4.69, 9.17) is 23.2 Å². The molecular weight excluding hydrogens is 631 g/mol. The fourth-order valence-electron chi connectivity index (χ4n) is 9.22. The largest absolute Gasteiger partial charge is 0.456 e. The van der Waals surface area contributed by atoms with Gasteiger partial charge in [0.2, 0.25) is 0 Å². The molecule has 1 atom stereocenters. The average Bonchev–Trinajstić information content (AvgIpc) is 3.90. The summed E-state index contributed by atoms with van der Waals surface area (Å²) in [5, 5.41) is 10.3. The van der Waals surface area contributed by atoms with Crippen molar-refractivity contribution in [3.05, 3.63) is 126 Å². The molecule has 2 aliphatic rings. The molecule has 6 heteroatoms. The third-order valence-electron chi connectivity index (χ3n) is 11.3. The third kappa shape index (κ3) is 3.15. The fraction of sp³-hybridized carbons (Fsp3) is 0.0667. The molecule has 0 fully saturated rings. The summed E-state index contributed by atoms with van der Waals surface area (Å²) in [6.07, 6.45) is 3.08. The monoisotopic (exact) mass is 655 g/mol. The van der Waals surface area contributed by atoms with Gasteiger partial charge in [-0.1, -0.05) is 79.7 Å². The van der Waals surface area contributed by atoms with Crippen LogP contribution in [0.1, 0.15) is 19.2 Å². The lowest BCUT2D eigenvalue weighted by Gasteiger charge is -2.15. The van der Waals surface area contributed by atoms with Crippen molar-refractivity contribution in [1.29, 1.82) is 0 Å². The first-order valence-corrected chi connectivity index (χ1v) is 17.5. The van der Waals surface area contributed by atoms with E-state index in [9.17, 15) is 0 Å². The summed E-state index contributed by atoms with van der Waals surface area (Å²) >= 11 is 0. The van der Waals surface area contributed by atoms with Gasteiger partial charge in [-0.3, -0.25) is 4.57 Å². The third-order valence-corrected chi connectivity index (χ3v) is 11.3. The van der Waals surface area contributed by atoms with Crippen LogP contribution >= 0.6 is 0 Å². The van der Waals surface area contributed by atoms with Gasteiger partial charge in [0, 0.05) is 43.1 Å². The quantitative estimate of drug-likeness (QED) is 0.185. The van der Waals surface area contributed by atoms with Crippen molar-refractivity contribution in [2.24, 2.45) is 5.92 Å². The maximum Gasteiger partial charge on any atom is 0.197 e. The summed E-state index contributed by atoms with van der Waals surface area (Å²) in [6.45, 7) is 2.25. The molecule has 6 aromatic carbocycles. The average molecular weight is 656 g/mol. The van der Waals surface area contributed by atoms with Crippen LogP contribution in [0.2, 0.25) is 0 Å². The lowest BCUT2D eigenvalue weighted by Crippen LogP contribution is -2.29. The Balaban J connectivity index is 1.25. The molecule has 5 aromatic heterocycles. The Morgan fingerprint density at radius 1 is 0.588 bits per heavy atom.